The van der Waals surface area contributed by atoms with Gasteiger partial charge in [0, 0.05) is 49.4 Å². The number of nitro benzene ring substituents is 2. The Morgan fingerprint density at radius 3 is 2.22 bits per heavy atom. The van der Waals surface area contributed by atoms with Gasteiger partial charge in [-0.3, -0.25) is 39.4 Å². The van der Waals surface area contributed by atoms with Gasteiger partial charge in [0.05, 0.1) is 31.9 Å². The molecule has 1 aliphatic heterocycles. The number of phenolic OH excluding ortho intramolecular Hbond substituents is 1. The summed E-state index contributed by atoms with van der Waals surface area (Å²) in [6, 6.07) is 5.46. The van der Waals surface area contributed by atoms with Crippen LogP contribution in [-0.2, 0) is 19.2 Å². The fraction of sp³-hybridized carbons (Fsp3) is 0.267. The predicted molar refractivity (Wildman–Crippen MR) is 159 cm³/mol. The molecule has 0 spiro atoms. The highest BCUT2D eigenvalue weighted by molar-refractivity contribution is 9.12. The molecule has 6 rings (SSSR count). The molecule has 4 aliphatic rings. The number of anilines is 2. The van der Waals surface area contributed by atoms with Gasteiger partial charge >= 0.3 is 11.4 Å². The molecular weight excluding hydrogens is 659 g/mol. The first-order chi connectivity index (χ1) is 21.2. The molecule has 45 heavy (non-hydrogen) atoms. The Kier molecular flexibility index (Phi) is 7.03. The van der Waals surface area contributed by atoms with Gasteiger partial charge in [-0.05, 0) is 52.4 Å². The summed E-state index contributed by atoms with van der Waals surface area (Å²) in [7, 11) is 2.77. The van der Waals surface area contributed by atoms with Gasteiger partial charge < -0.3 is 10.0 Å². The summed E-state index contributed by atoms with van der Waals surface area (Å²) in [6.45, 7) is 0. The largest absolute Gasteiger partial charge is 0.505 e. The Morgan fingerprint density at radius 1 is 1.00 bits per heavy atom. The van der Waals surface area contributed by atoms with Crippen LogP contribution < -0.4 is 9.80 Å². The number of hydrogen-bond donors (Lipinski definition) is 1. The third kappa shape index (κ3) is 4.48. The Hall–Kier alpha value is -5.05. The van der Waals surface area contributed by atoms with Crippen LogP contribution >= 0.6 is 15.9 Å². The van der Waals surface area contributed by atoms with Crippen LogP contribution in [0.5, 0.6) is 5.75 Å². The highest BCUT2D eigenvalue weighted by atomic mass is 79.9. The Balaban J connectivity index is 1.49. The van der Waals surface area contributed by atoms with Gasteiger partial charge in [0.25, 0.3) is 0 Å². The molecule has 1 fully saturated rings. The number of carbonyl (C=O) groups is 4. The molecule has 1 N–H and O–H groups in total. The lowest BCUT2D eigenvalue weighted by molar-refractivity contribution is -0.392. The van der Waals surface area contributed by atoms with Gasteiger partial charge in [0.1, 0.15) is 0 Å². The number of nitrogens with zero attached hydrogens (tertiary/aromatic N) is 4. The molecule has 1 saturated heterocycles. The van der Waals surface area contributed by atoms with E-state index in [2.05, 4.69) is 15.9 Å². The number of phenols is 1. The van der Waals surface area contributed by atoms with Crippen molar-refractivity contribution in [1.29, 1.82) is 0 Å². The quantitative estimate of drug-likeness (QED) is 0.156. The second-order valence-corrected chi connectivity index (χ2v) is 12.2. The average Bonchev–Trinajstić information content (AvgIpc) is 3.24. The first-order valence-electron chi connectivity index (χ1n) is 13.6. The molecule has 1 heterocycles. The van der Waals surface area contributed by atoms with E-state index in [4.69, 9.17) is 0 Å². The molecule has 4 atom stereocenters. The third-order valence-electron chi connectivity index (χ3n) is 8.79. The number of aromatic hydroxyl groups is 1. The minimum absolute atomic E-state index is 0.00210. The molecule has 15 heteroatoms. The van der Waals surface area contributed by atoms with Gasteiger partial charge in [-0.2, -0.15) is 0 Å². The number of benzene rings is 2. The van der Waals surface area contributed by atoms with Gasteiger partial charge in [-0.25, -0.2) is 9.29 Å². The van der Waals surface area contributed by atoms with E-state index in [1.54, 1.807) is 6.08 Å². The number of hydrogen-bond acceptors (Lipinski definition) is 10. The smallest absolute Gasteiger partial charge is 0.301 e. The Labute approximate surface area is 261 Å². The van der Waals surface area contributed by atoms with Gasteiger partial charge in [0.2, 0.25) is 11.8 Å². The van der Waals surface area contributed by atoms with Crippen molar-refractivity contribution in [1.82, 2.24) is 0 Å². The molecule has 2 aromatic rings. The van der Waals surface area contributed by atoms with Gasteiger partial charge in [0.15, 0.2) is 28.8 Å². The summed E-state index contributed by atoms with van der Waals surface area (Å²) in [6.07, 6.45) is 2.73. The normalized spacial score (nSPS) is 24.1. The fourth-order valence-corrected chi connectivity index (χ4v) is 7.45. The van der Waals surface area contributed by atoms with Crippen molar-refractivity contribution in [2.24, 2.45) is 17.8 Å². The van der Waals surface area contributed by atoms with Crippen molar-refractivity contribution in [2.45, 2.75) is 18.8 Å². The number of rotatable bonds is 5. The standard InChI is InChI=1S/C30H22BrFN4O9/c1-33(2)27-20(35(42)43)8-13(9-21(27)36(44)45)34-29(40)15-5-4-14-16(25(15)30(34)41)10-17-26(23(38)11-18(31)28(17)39)24(14)12-3-6-22(37)19(32)7-12/h3-4,6-9,11,15-16,24-25,37H,5,10H2,1-2H3/t15-,16+,24-,25-/m0/s1. The number of imide groups is 1. The van der Waals surface area contributed by atoms with Crippen molar-refractivity contribution in [3.63, 3.8) is 0 Å². The lowest BCUT2D eigenvalue weighted by Gasteiger charge is -2.42. The zero-order valence-corrected chi connectivity index (χ0v) is 25.1. The molecule has 0 bridgehead atoms. The van der Waals surface area contributed by atoms with Gasteiger partial charge in [-0.15, -0.1) is 0 Å². The molecular formula is C30H22BrFN4O9. The second-order valence-electron chi connectivity index (χ2n) is 11.4. The van der Waals surface area contributed by atoms with Crippen LogP contribution in [0.4, 0.5) is 27.1 Å². The number of fused-ring (bicyclic) bond motifs is 3. The van der Waals surface area contributed by atoms with E-state index in [1.165, 1.54) is 25.1 Å². The number of halogens is 2. The lowest BCUT2D eigenvalue weighted by atomic mass is 9.59. The summed E-state index contributed by atoms with van der Waals surface area (Å²) >= 11 is 3.12. The van der Waals surface area contributed by atoms with Crippen LogP contribution in [-0.4, -0.2) is 52.4 Å². The molecule has 2 amide bonds. The van der Waals surface area contributed by atoms with E-state index in [0.29, 0.717) is 10.5 Å². The number of amides is 2. The van der Waals surface area contributed by atoms with Crippen molar-refractivity contribution in [2.75, 3.05) is 23.9 Å². The van der Waals surface area contributed by atoms with Crippen LogP contribution in [0.15, 0.2) is 63.7 Å². The number of nitro groups is 2. The number of allylic oxidation sites excluding steroid dienone is 6. The van der Waals surface area contributed by atoms with Crippen molar-refractivity contribution in [3.05, 3.63) is 95.3 Å². The summed E-state index contributed by atoms with van der Waals surface area (Å²) in [5.74, 6) is -7.91. The molecule has 0 aromatic heterocycles. The van der Waals surface area contributed by atoms with Crippen LogP contribution in [0.25, 0.3) is 0 Å². The van der Waals surface area contributed by atoms with Crippen molar-refractivity contribution in [3.8, 4) is 5.75 Å². The molecule has 0 saturated carbocycles. The molecule has 0 unspecified atom stereocenters. The SMILES string of the molecule is CN(C)c1c([N+](=O)[O-])cc(N2C(=O)[C@H]3[C@H](CC=C4[C@H](c5ccc(O)c(F)c5)C5=C(C[C@H]43)C(=O)C(Br)=CC5=O)C2=O)cc1[N+](=O)[O-]. The summed E-state index contributed by atoms with van der Waals surface area (Å²) in [5.41, 5.74) is -1.05. The number of carbonyl (C=O) groups excluding carboxylic acids is 4. The second kappa shape index (κ2) is 10.5. The number of Topliss-reactive ketones (excluding diaryl/α,β-unsaturated/α-hetero) is 1. The average molecular weight is 681 g/mol. The van der Waals surface area contributed by atoms with Crippen molar-refractivity contribution >= 4 is 62.1 Å². The van der Waals surface area contributed by atoms with Crippen LogP contribution in [0, 0.1) is 43.8 Å². The summed E-state index contributed by atoms with van der Waals surface area (Å²) < 4.78 is 14.6. The minimum atomic E-state index is -1.09. The van der Waals surface area contributed by atoms with E-state index >= 15 is 0 Å². The topological polar surface area (TPSA) is 181 Å². The maximum atomic E-state index is 14.6. The fourth-order valence-electron chi connectivity index (χ4n) is 7.00. The highest BCUT2D eigenvalue weighted by Crippen LogP contribution is 2.56. The maximum Gasteiger partial charge on any atom is 0.301 e. The third-order valence-corrected chi connectivity index (χ3v) is 9.38. The Bertz CT molecular complexity index is 1860. The zero-order chi connectivity index (χ0) is 32.6. The minimum Gasteiger partial charge on any atom is -0.505 e. The molecule has 0 radical (unpaired) electrons. The monoisotopic (exact) mass is 680 g/mol. The number of ketones is 2. The van der Waals surface area contributed by atoms with Crippen LogP contribution in [0.2, 0.25) is 0 Å². The highest BCUT2D eigenvalue weighted by Gasteiger charge is 2.57. The first kappa shape index (κ1) is 30.0. The van der Waals surface area contributed by atoms with E-state index in [1.807, 2.05) is 0 Å². The molecule has 2 aromatic carbocycles. The maximum absolute atomic E-state index is 14.6. The van der Waals surface area contributed by atoms with E-state index in [0.717, 1.165) is 30.3 Å². The summed E-state index contributed by atoms with van der Waals surface area (Å²) in [5, 5.41) is 33.7. The Morgan fingerprint density at radius 2 is 1.64 bits per heavy atom. The van der Waals surface area contributed by atoms with E-state index in [-0.39, 0.29) is 45.4 Å². The molecule has 3 aliphatic carbocycles. The van der Waals surface area contributed by atoms with Crippen LogP contribution in [0.3, 0.4) is 0 Å². The zero-order valence-electron chi connectivity index (χ0n) is 23.5. The molecule has 13 nitrogen and oxygen atoms in total. The van der Waals surface area contributed by atoms with E-state index in [9.17, 15) is 48.9 Å². The van der Waals surface area contributed by atoms with Gasteiger partial charge in [-0.1, -0.05) is 17.7 Å². The lowest BCUT2D eigenvalue weighted by Crippen LogP contribution is -2.39. The molecule has 230 valence electrons. The van der Waals surface area contributed by atoms with E-state index < -0.39 is 79.8 Å². The summed E-state index contributed by atoms with van der Waals surface area (Å²) in [4.78, 5) is 78.7. The van der Waals surface area contributed by atoms with Crippen LogP contribution in [0.1, 0.15) is 24.3 Å². The van der Waals surface area contributed by atoms with Crippen molar-refractivity contribution < 1.29 is 38.5 Å². The predicted octanol–water partition coefficient (Wildman–Crippen LogP) is 4.38. The first-order valence-corrected chi connectivity index (χ1v) is 14.4.